The molecule has 0 fully saturated rings. The summed E-state index contributed by atoms with van der Waals surface area (Å²) in [5, 5.41) is 3.55. The van der Waals surface area contributed by atoms with E-state index in [1.54, 1.807) is 0 Å². The van der Waals surface area contributed by atoms with E-state index in [0.29, 0.717) is 0 Å². The molecule has 1 N–H and O–H groups in total. The topological polar surface area (TPSA) is 30.5 Å². The van der Waals surface area contributed by atoms with E-state index in [1.165, 1.54) is 193 Å². The number of hydrogen-bond acceptors (Lipinski definition) is 3. The zero-order valence-electron chi connectivity index (χ0n) is 33.8. The Morgan fingerprint density at radius 1 is 0.396 bits per heavy atom. The number of quaternary nitrogens is 1. The van der Waals surface area contributed by atoms with Crippen LogP contribution in [0.3, 0.4) is 0 Å². The van der Waals surface area contributed by atoms with Gasteiger partial charge in [0, 0.05) is 13.0 Å². The molecule has 0 amide bonds. The van der Waals surface area contributed by atoms with Crippen LogP contribution in [-0.2, 0) is 20.9 Å². The van der Waals surface area contributed by atoms with E-state index < -0.39 is 6.64 Å². The van der Waals surface area contributed by atoms with Gasteiger partial charge in [0.2, 0.25) is 0 Å². The fraction of sp³-hybridized carbons (Fsp3) is 1.00. The summed E-state index contributed by atoms with van der Waals surface area (Å²) in [7, 11) is 6.74. The largest absolute Gasteiger partial charge is 0.331 e. The average molecular weight is 718 g/mol. The van der Waals surface area contributed by atoms with Gasteiger partial charge in [-0.25, -0.2) is 5.09 Å². The zero-order valence-corrected chi connectivity index (χ0v) is 35.5. The molecule has 290 valence electrons. The van der Waals surface area contributed by atoms with Gasteiger partial charge in [0.15, 0.2) is 0 Å². The van der Waals surface area contributed by atoms with Crippen molar-refractivity contribution in [2.24, 2.45) is 0 Å². The van der Waals surface area contributed by atoms with Crippen LogP contribution in [0.25, 0.3) is 0 Å². The molecule has 0 atom stereocenters. The Balaban J connectivity index is 3.88. The molecule has 0 bridgehead atoms. The Morgan fingerprint density at radius 3 is 0.896 bits per heavy atom. The predicted octanol–water partition coefficient (Wildman–Crippen LogP) is 14.5. The molecule has 4 nitrogen and oxygen atoms in total. The van der Waals surface area contributed by atoms with E-state index in [4.69, 9.17) is 20.9 Å². The van der Waals surface area contributed by atoms with E-state index in [-0.39, 0.29) is 0 Å². The van der Waals surface area contributed by atoms with Crippen LogP contribution >= 0.6 is 6.64 Å². The second kappa shape index (κ2) is 37.3. The normalized spacial score (nSPS) is 12.4. The second-order valence-electron chi connectivity index (χ2n) is 16.0. The quantitative estimate of drug-likeness (QED) is 0.0387. The van der Waals surface area contributed by atoms with Gasteiger partial charge < -0.3 is 13.5 Å². The number of nitrogens with one attached hydrogen (secondary N) is 1. The van der Waals surface area contributed by atoms with Gasteiger partial charge in [0.05, 0.1) is 40.9 Å². The van der Waals surface area contributed by atoms with E-state index in [0.717, 1.165) is 50.0 Å². The van der Waals surface area contributed by atoms with Crippen LogP contribution in [-0.4, -0.2) is 51.9 Å². The number of nitrogens with zero attached hydrogens (tertiary/aromatic N) is 1. The highest BCUT2D eigenvalue weighted by atomic mass is 32.5. The van der Waals surface area contributed by atoms with Crippen LogP contribution in [0.4, 0.5) is 0 Å². The standard InChI is InChI=1S/C42H90N2O2PS/c1-6-8-10-12-14-16-18-20-22-24-26-28-30-32-34-36-41-45-47(48,43-39-38-40-44(3,4)5)46-42-37-35-33-31-29-27-25-23-21-19-17-15-13-11-9-7-2/h6-42H2,1-5H3,(H,43,48)/q+1. The third kappa shape index (κ3) is 39.3. The van der Waals surface area contributed by atoms with E-state index in [9.17, 15) is 0 Å². The molecule has 0 spiro atoms. The van der Waals surface area contributed by atoms with E-state index >= 15 is 0 Å². The Kier molecular flexibility index (Phi) is 37.6. The summed E-state index contributed by atoms with van der Waals surface area (Å²) >= 11 is 5.98. The summed E-state index contributed by atoms with van der Waals surface area (Å²) in [6, 6.07) is 0. The third-order valence-electron chi connectivity index (χ3n) is 9.83. The van der Waals surface area contributed by atoms with Crippen molar-refractivity contribution in [1.29, 1.82) is 0 Å². The fourth-order valence-electron chi connectivity index (χ4n) is 6.57. The van der Waals surface area contributed by atoms with Crippen LogP contribution in [0.2, 0.25) is 0 Å². The Bertz CT molecular complexity index is 631. The molecule has 0 rings (SSSR count). The summed E-state index contributed by atoms with van der Waals surface area (Å²) in [5.41, 5.74) is 0. The summed E-state index contributed by atoms with van der Waals surface area (Å²) in [4.78, 5) is 0. The van der Waals surface area contributed by atoms with Crippen molar-refractivity contribution in [3.63, 3.8) is 0 Å². The molecule has 0 aromatic carbocycles. The SMILES string of the molecule is CCCCCCCCCCCCCCCCCCOP(=S)(NCCC[N+](C)(C)C)OCCCCCCCCCCCCCCCCCC. The second-order valence-corrected chi connectivity index (χ2v) is 19.3. The monoisotopic (exact) mass is 718 g/mol. The summed E-state index contributed by atoms with van der Waals surface area (Å²) in [6.45, 7) is 5.67. The number of hydrogen-bond donors (Lipinski definition) is 1. The minimum Gasteiger partial charge on any atom is -0.331 e. The molecule has 6 heteroatoms. The molecular formula is C42H90N2O2PS+. The lowest BCUT2D eigenvalue weighted by Crippen LogP contribution is -2.36. The maximum Gasteiger partial charge on any atom is 0.261 e. The Labute approximate surface area is 309 Å². The van der Waals surface area contributed by atoms with Gasteiger partial charge in [-0.1, -0.05) is 206 Å². The van der Waals surface area contributed by atoms with Crippen molar-refractivity contribution in [2.45, 2.75) is 226 Å². The van der Waals surface area contributed by atoms with Gasteiger partial charge in [0.1, 0.15) is 0 Å². The molecule has 48 heavy (non-hydrogen) atoms. The smallest absolute Gasteiger partial charge is 0.261 e. The lowest BCUT2D eigenvalue weighted by Gasteiger charge is -2.26. The predicted molar refractivity (Wildman–Crippen MR) is 221 cm³/mol. The Morgan fingerprint density at radius 2 is 0.646 bits per heavy atom. The van der Waals surface area contributed by atoms with Gasteiger partial charge in [-0.3, -0.25) is 0 Å². The minimum absolute atomic E-state index is 0.733. The van der Waals surface area contributed by atoms with Crippen LogP contribution in [0.15, 0.2) is 0 Å². The molecule has 0 aromatic heterocycles. The van der Waals surface area contributed by atoms with Gasteiger partial charge in [0.25, 0.3) is 6.64 Å². The van der Waals surface area contributed by atoms with Crippen molar-refractivity contribution in [1.82, 2.24) is 5.09 Å². The summed E-state index contributed by atoms with van der Waals surface area (Å²) in [6.07, 6.45) is 45.5. The highest BCUT2D eigenvalue weighted by Crippen LogP contribution is 2.44. The highest BCUT2D eigenvalue weighted by molar-refractivity contribution is 8.08. The maximum atomic E-state index is 6.30. The molecule has 0 radical (unpaired) electrons. The maximum absolute atomic E-state index is 6.30. The zero-order chi connectivity index (χ0) is 35.3. The van der Waals surface area contributed by atoms with Gasteiger partial charge >= 0.3 is 0 Å². The van der Waals surface area contributed by atoms with Crippen LogP contribution < -0.4 is 5.09 Å². The van der Waals surface area contributed by atoms with Gasteiger partial charge in [-0.05, 0) is 24.6 Å². The molecule has 0 saturated carbocycles. The van der Waals surface area contributed by atoms with Crippen molar-refractivity contribution >= 4 is 18.4 Å². The Hall–Kier alpha value is 0.490. The van der Waals surface area contributed by atoms with E-state index in [2.05, 4.69) is 40.1 Å². The van der Waals surface area contributed by atoms with Crippen molar-refractivity contribution in [3.05, 3.63) is 0 Å². The number of unbranched alkanes of at least 4 members (excludes halogenated alkanes) is 30. The third-order valence-corrected chi connectivity index (χ3v) is 12.5. The highest BCUT2D eigenvalue weighted by Gasteiger charge is 2.19. The molecule has 0 aliphatic rings. The van der Waals surface area contributed by atoms with Gasteiger partial charge in [-0.2, -0.15) is 0 Å². The van der Waals surface area contributed by atoms with Gasteiger partial charge in [-0.15, -0.1) is 0 Å². The first-order valence-corrected chi connectivity index (χ1v) is 24.4. The first-order valence-electron chi connectivity index (χ1n) is 21.8. The fourth-order valence-corrected chi connectivity index (χ4v) is 8.72. The summed E-state index contributed by atoms with van der Waals surface area (Å²) in [5.74, 6) is 0. The lowest BCUT2D eigenvalue weighted by atomic mass is 10.0. The van der Waals surface area contributed by atoms with Crippen LogP contribution in [0.5, 0.6) is 0 Å². The average Bonchev–Trinajstić information content (AvgIpc) is 3.05. The molecule has 0 heterocycles. The lowest BCUT2D eigenvalue weighted by molar-refractivity contribution is -0.870. The molecule has 0 unspecified atom stereocenters. The van der Waals surface area contributed by atoms with Crippen molar-refractivity contribution < 1.29 is 13.5 Å². The molecule has 0 saturated heterocycles. The first-order chi connectivity index (χ1) is 23.3. The summed E-state index contributed by atoms with van der Waals surface area (Å²) < 4.78 is 13.6. The first kappa shape index (κ1) is 48.5. The minimum atomic E-state index is -2.40. The van der Waals surface area contributed by atoms with Crippen LogP contribution in [0.1, 0.15) is 226 Å². The number of rotatable bonds is 41. The molecule has 0 aromatic rings. The molecule has 0 aliphatic carbocycles. The van der Waals surface area contributed by atoms with E-state index in [1.807, 2.05) is 0 Å². The van der Waals surface area contributed by atoms with Crippen molar-refractivity contribution in [2.75, 3.05) is 47.4 Å². The van der Waals surface area contributed by atoms with Crippen LogP contribution in [0, 0.1) is 0 Å². The molecular weight excluding hydrogens is 628 g/mol. The van der Waals surface area contributed by atoms with Crippen molar-refractivity contribution in [3.8, 4) is 0 Å². The molecule has 0 aliphatic heterocycles.